The molecular formula is C36H39ClFN7O5. The zero-order valence-electron chi connectivity index (χ0n) is 28.6. The molecule has 1 aliphatic rings. The van der Waals surface area contributed by atoms with E-state index in [1.807, 2.05) is 44.2 Å². The lowest BCUT2D eigenvalue weighted by molar-refractivity contribution is -0.154. The third kappa shape index (κ3) is 7.55. The van der Waals surface area contributed by atoms with Crippen LogP contribution in [0.25, 0.3) is 16.7 Å². The van der Waals surface area contributed by atoms with E-state index in [0.717, 1.165) is 11.6 Å². The highest BCUT2D eigenvalue weighted by Gasteiger charge is 2.45. The highest BCUT2D eigenvalue weighted by Crippen LogP contribution is 2.36. The monoisotopic (exact) mass is 703 g/mol. The minimum atomic E-state index is -1.22. The minimum absolute atomic E-state index is 0.00543. The number of ether oxygens (including phenoxy) is 1. The van der Waals surface area contributed by atoms with Crippen LogP contribution in [-0.4, -0.2) is 72.4 Å². The summed E-state index contributed by atoms with van der Waals surface area (Å²) >= 11 is 6.25. The maximum absolute atomic E-state index is 15.3. The normalized spacial score (nSPS) is 16.5. The molecule has 1 amide bonds. The molecule has 1 aromatic carbocycles. The van der Waals surface area contributed by atoms with Crippen LogP contribution < -0.4 is 10.6 Å². The van der Waals surface area contributed by atoms with Gasteiger partial charge in [0.1, 0.15) is 11.4 Å². The van der Waals surface area contributed by atoms with Crippen LogP contribution >= 0.6 is 11.6 Å². The Labute approximate surface area is 294 Å². The maximum atomic E-state index is 15.3. The molecule has 0 radical (unpaired) electrons. The van der Waals surface area contributed by atoms with Crippen molar-refractivity contribution in [2.45, 2.75) is 77.4 Å². The van der Waals surface area contributed by atoms with Crippen molar-refractivity contribution in [3.63, 3.8) is 0 Å². The predicted octanol–water partition coefficient (Wildman–Crippen LogP) is 6.06. The molecule has 4 aromatic rings. The summed E-state index contributed by atoms with van der Waals surface area (Å²) in [5.41, 5.74) is -0.349. The van der Waals surface area contributed by atoms with Gasteiger partial charge in [0.15, 0.2) is 16.6 Å². The zero-order valence-corrected chi connectivity index (χ0v) is 29.4. The molecular weight excluding hydrogens is 665 g/mol. The molecule has 12 nitrogen and oxygen atoms in total. The van der Waals surface area contributed by atoms with Crippen molar-refractivity contribution in [2.75, 3.05) is 24.5 Å². The fourth-order valence-corrected chi connectivity index (χ4v) is 6.63. The second kappa shape index (κ2) is 14.4. The summed E-state index contributed by atoms with van der Waals surface area (Å²) in [4.78, 5) is 55.9. The number of nitriles is 1. The topological polar surface area (TPSA) is 155 Å². The van der Waals surface area contributed by atoms with E-state index in [0.29, 0.717) is 16.9 Å². The second-order valence-corrected chi connectivity index (χ2v) is 14.1. The van der Waals surface area contributed by atoms with E-state index in [1.165, 1.54) is 9.47 Å². The Hall–Kier alpha value is -5.09. The van der Waals surface area contributed by atoms with Gasteiger partial charge in [0.05, 0.1) is 34.8 Å². The van der Waals surface area contributed by atoms with Crippen molar-refractivity contribution in [2.24, 2.45) is 0 Å². The van der Waals surface area contributed by atoms with Crippen LogP contribution in [0.15, 0.2) is 53.5 Å². The molecule has 1 aliphatic heterocycles. The maximum Gasteiger partial charge on any atom is 0.407 e. The van der Waals surface area contributed by atoms with Gasteiger partial charge in [-0.1, -0.05) is 55.8 Å². The Balaban J connectivity index is 1.69. The summed E-state index contributed by atoms with van der Waals surface area (Å²) in [7, 11) is 0. The van der Waals surface area contributed by atoms with Crippen molar-refractivity contribution < 1.29 is 23.8 Å². The molecule has 0 saturated carbocycles. The zero-order chi connectivity index (χ0) is 36.4. The van der Waals surface area contributed by atoms with Crippen LogP contribution in [-0.2, 0) is 22.4 Å². The number of carboxylic acid groups (broad SMARTS) is 1. The number of nitrogens with zero attached hydrogens (tertiary/aromatic N) is 7. The fourth-order valence-electron chi connectivity index (χ4n) is 6.50. The number of hydrogen-bond donors (Lipinski definition) is 1. The first-order valence-electron chi connectivity index (χ1n) is 16.3. The quantitative estimate of drug-likeness (QED) is 0.161. The Morgan fingerprint density at radius 3 is 2.52 bits per heavy atom. The number of hydrogen-bond acceptors (Lipinski definition) is 9. The van der Waals surface area contributed by atoms with Crippen LogP contribution in [0.1, 0.15) is 70.2 Å². The van der Waals surface area contributed by atoms with Crippen LogP contribution in [0.2, 0.25) is 5.15 Å². The van der Waals surface area contributed by atoms with E-state index in [2.05, 4.69) is 21.0 Å². The number of esters is 1. The summed E-state index contributed by atoms with van der Waals surface area (Å²) < 4.78 is 22.0. The first-order chi connectivity index (χ1) is 23.6. The lowest BCUT2D eigenvalue weighted by Crippen LogP contribution is -2.65. The fraction of sp³-hybridized carbons (Fsp3) is 0.417. The number of aromatic nitrogens is 4. The largest absolute Gasteiger partial charge is 0.465 e. The number of amides is 1. The Kier molecular flexibility index (Phi) is 10.4. The third-order valence-corrected chi connectivity index (χ3v) is 8.81. The molecule has 1 saturated heterocycles. The van der Waals surface area contributed by atoms with Gasteiger partial charge < -0.3 is 14.7 Å². The van der Waals surface area contributed by atoms with E-state index < -0.39 is 39.9 Å². The first-order valence-corrected chi connectivity index (χ1v) is 16.7. The van der Waals surface area contributed by atoms with Gasteiger partial charge in [-0.15, -0.1) is 0 Å². The van der Waals surface area contributed by atoms with Gasteiger partial charge in [0.2, 0.25) is 0 Å². The number of fused-ring (bicyclic) bond motifs is 1. The van der Waals surface area contributed by atoms with Gasteiger partial charge in [0, 0.05) is 32.3 Å². The molecule has 1 fully saturated rings. The number of halogens is 2. The predicted molar refractivity (Wildman–Crippen MR) is 186 cm³/mol. The van der Waals surface area contributed by atoms with Gasteiger partial charge in [-0.3, -0.25) is 14.7 Å². The lowest BCUT2D eigenvalue weighted by Gasteiger charge is -2.49. The van der Waals surface area contributed by atoms with Crippen LogP contribution in [0.4, 0.5) is 15.0 Å². The van der Waals surface area contributed by atoms with E-state index >= 15 is 4.39 Å². The van der Waals surface area contributed by atoms with Crippen LogP contribution in [0, 0.1) is 17.1 Å². The Bertz CT molecular complexity index is 2030. The average Bonchev–Trinajstić information content (AvgIpc) is 3.04. The molecule has 0 bridgehead atoms. The molecule has 4 heterocycles. The van der Waals surface area contributed by atoms with Crippen molar-refractivity contribution in [1.29, 1.82) is 5.26 Å². The van der Waals surface area contributed by atoms with Crippen LogP contribution in [0.3, 0.4) is 0 Å². The average molecular weight is 704 g/mol. The SMILES string of the molecule is CC(C)c1nccc(CCC(=O)OC(C)(C)C)c1-n1c(=O)nc(N2CCN(C(=O)O)C(CC#N)(Cc3ccccc3)C2)c2cc(F)c(Cl)nc21. The number of carbonyl (C=O) groups is 2. The smallest absolute Gasteiger partial charge is 0.407 e. The van der Waals surface area contributed by atoms with Gasteiger partial charge in [-0.2, -0.15) is 10.2 Å². The van der Waals surface area contributed by atoms with Crippen molar-refractivity contribution in [3.05, 3.63) is 86.9 Å². The van der Waals surface area contributed by atoms with Gasteiger partial charge in [-0.05, 0) is 62.8 Å². The number of benzene rings is 1. The van der Waals surface area contributed by atoms with Crippen LogP contribution in [0.5, 0.6) is 0 Å². The second-order valence-electron chi connectivity index (χ2n) is 13.7. The molecule has 50 heavy (non-hydrogen) atoms. The highest BCUT2D eigenvalue weighted by atomic mass is 35.5. The van der Waals surface area contributed by atoms with E-state index in [1.54, 1.807) is 37.9 Å². The molecule has 1 N–H and O–H groups in total. The minimum Gasteiger partial charge on any atom is -0.465 e. The van der Waals surface area contributed by atoms with Crippen molar-refractivity contribution in [1.82, 2.24) is 24.4 Å². The summed E-state index contributed by atoms with van der Waals surface area (Å²) in [6.07, 6.45) is 0.703. The number of carbonyl (C=O) groups excluding carboxylic acids is 1. The summed E-state index contributed by atoms with van der Waals surface area (Å²) in [5.74, 6) is -1.37. The number of anilines is 1. The number of piperazine rings is 1. The highest BCUT2D eigenvalue weighted by molar-refractivity contribution is 6.30. The summed E-state index contributed by atoms with van der Waals surface area (Å²) in [6, 6.07) is 14.2. The number of pyridine rings is 2. The standard InChI is InChI=1S/C36H39ClFN7O5/c1-22(2)28-29(24(13-16-40-28)11-12-27(46)50-35(3,4)5)45-32-25(19-26(38)30(37)41-32)31(42-33(45)47)43-17-18-44(34(48)49)36(21-43,14-15-39)20-23-9-7-6-8-10-23/h6-10,13,16,19,22H,11-12,14,17-18,20-21H2,1-5H3,(H,48,49). The molecule has 14 heteroatoms. The number of aryl methyl sites for hydroxylation is 1. The molecule has 5 rings (SSSR count). The molecule has 1 atom stereocenters. The molecule has 0 aliphatic carbocycles. The molecule has 3 aromatic heterocycles. The summed E-state index contributed by atoms with van der Waals surface area (Å²) in [6.45, 7) is 9.23. The Morgan fingerprint density at radius 2 is 1.88 bits per heavy atom. The first kappa shape index (κ1) is 36.2. The molecule has 0 spiro atoms. The molecule has 262 valence electrons. The molecule has 1 unspecified atom stereocenters. The van der Waals surface area contributed by atoms with Gasteiger partial charge in [-0.25, -0.2) is 23.5 Å². The van der Waals surface area contributed by atoms with Gasteiger partial charge in [0.25, 0.3) is 0 Å². The number of rotatable bonds is 9. The van der Waals surface area contributed by atoms with Crippen molar-refractivity contribution >= 4 is 40.5 Å². The van der Waals surface area contributed by atoms with Gasteiger partial charge >= 0.3 is 17.8 Å². The van der Waals surface area contributed by atoms with E-state index in [4.69, 9.17) is 16.3 Å². The third-order valence-electron chi connectivity index (χ3n) is 8.55. The lowest BCUT2D eigenvalue weighted by atomic mass is 9.84. The van der Waals surface area contributed by atoms with E-state index in [9.17, 15) is 24.8 Å². The summed E-state index contributed by atoms with van der Waals surface area (Å²) in [5, 5.41) is 19.8. The van der Waals surface area contributed by atoms with Crippen molar-refractivity contribution in [3.8, 4) is 11.8 Å². The Morgan fingerprint density at radius 1 is 1.16 bits per heavy atom. The van der Waals surface area contributed by atoms with E-state index in [-0.39, 0.29) is 68.1 Å².